The van der Waals surface area contributed by atoms with Gasteiger partial charge >= 0.3 is 0 Å². The standard InChI is InChI=1S/C23H28FN3O2.ClH/c1-16(2)18-5-9-20(10-6-18)26-22(29)23(25)11-13-27(14-12-23)21(28)15-17-3-7-19(24)8-4-17;/h3-10,16H,11-15,25H2,1-2H3,(H,26,29);1H. The highest BCUT2D eigenvalue weighted by atomic mass is 35.5. The van der Waals surface area contributed by atoms with Gasteiger partial charge in [0.05, 0.1) is 12.0 Å². The number of carbonyl (C=O) groups excluding carboxylic acids is 2. The third-order valence-corrected chi connectivity index (χ3v) is 5.56. The van der Waals surface area contributed by atoms with Crippen molar-refractivity contribution in [2.45, 2.75) is 44.6 Å². The fraction of sp³-hybridized carbons (Fsp3) is 0.391. The fourth-order valence-electron chi connectivity index (χ4n) is 3.48. The van der Waals surface area contributed by atoms with Gasteiger partial charge in [0.2, 0.25) is 11.8 Å². The molecule has 3 rings (SSSR count). The lowest BCUT2D eigenvalue weighted by Crippen LogP contribution is -2.58. The minimum absolute atomic E-state index is 0. The molecule has 162 valence electrons. The van der Waals surface area contributed by atoms with Crippen molar-refractivity contribution >= 4 is 29.9 Å². The van der Waals surface area contributed by atoms with E-state index in [2.05, 4.69) is 19.2 Å². The maximum atomic E-state index is 13.0. The second kappa shape index (κ2) is 10.0. The molecule has 0 aromatic heterocycles. The molecule has 0 unspecified atom stereocenters. The molecule has 0 saturated carbocycles. The normalized spacial score (nSPS) is 15.4. The number of nitrogens with zero attached hydrogens (tertiary/aromatic N) is 1. The number of carbonyl (C=O) groups is 2. The Labute approximate surface area is 183 Å². The summed E-state index contributed by atoms with van der Waals surface area (Å²) in [4.78, 5) is 27.0. The van der Waals surface area contributed by atoms with Crippen LogP contribution in [0.1, 0.15) is 43.7 Å². The molecule has 3 N–H and O–H groups in total. The Balaban J connectivity index is 0.00000320. The van der Waals surface area contributed by atoms with Crippen LogP contribution in [0.2, 0.25) is 0 Å². The van der Waals surface area contributed by atoms with Gasteiger partial charge in [0.1, 0.15) is 5.82 Å². The van der Waals surface area contributed by atoms with Gasteiger partial charge in [0.25, 0.3) is 0 Å². The van der Waals surface area contributed by atoms with Gasteiger partial charge in [-0.1, -0.05) is 38.1 Å². The quantitative estimate of drug-likeness (QED) is 0.751. The number of anilines is 1. The second-order valence-corrected chi connectivity index (χ2v) is 8.07. The van der Waals surface area contributed by atoms with Gasteiger partial charge in [-0.05, 0) is 54.2 Å². The summed E-state index contributed by atoms with van der Waals surface area (Å²) in [7, 11) is 0. The van der Waals surface area contributed by atoms with Crippen molar-refractivity contribution in [2.24, 2.45) is 5.73 Å². The van der Waals surface area contributed by atoms with Crippen LogP contribution in [0.25, 0.3) is 0 Å². The first-order valence-corrected chi connectivity index (χ1v) is 9.99. The SMILES string of the molecule is CC(C)c1ccc(NC(=O)C2(N)CCN(C(=O)Cc3ccc(F)cc3)CC2)cc1.Cl. The molecule has 0 aliphatic carbocycles. The van der Waals surface area contributed by atoms with Crippen LogP contribution in [0.5, 0.6) is 0 Å². The predicted molar refractivity (Wildman–Crippen MR) is 119 cm³/mol. The van der Waals surface area contributed by atoms with E-state index in [-0.39, 0.29) is 36.5 Å². The monoisotopic (exact) mass is 433 g/mol. The highest BCUT2D eigenvalue weighted by Gasteiger charge is 2.38. The minimum atomic E-state index is -0.997. The van der Waals surface area contributed by atoms with E-state index < -0.39 is 5.54 Å². The van der Waals surface area contributed by atoms with E-state index in [1.807, 2.05) is 24.3 Å². The van der Waals surface area contributed by atoms with Crippen molar-refractivity contribution in [3.63, 3.8) is 0 Å². The number of amides is 2. The maximum Gasteiger partial charge on any atom is 0.244 e. The van der Waals surface area contributed by atoms with E-state index in [1.165, 1.54) is 17.7 Å². The van der Waals surface area contributed by atoms with Crippen molar-refractivity contribution < 1.29 is 14.0 Å². The topological polar surface area (TPSA) is 75.4 Å². The Morgan fingerprint density at radius 3 is 2.17 bits per heavy atom. The Hall–Kier alpha value is -2.44. The molecule has 0 atom stereocenters. The summed E-state index contributed by atoms with van der Waals surface area (Å²) in [6, 6.07) is 13.7. The van der Waals surface area contributed by atoms with Gasteiger partial charge in [0, 0.05) is 18.8 Å². The highest BCUT2D eigenvalue weighted by molar-refractivity contribution is 5.98. The summed E-state index contributed by atoms with van der Waals surface area (Å²) < 4.78 is 13.0. The number of benzene rings is 2. The third-order valence-electron chi connectivity index (χ3n) is 5.56. The van der Waals surface area contributed by atoms with Crippen LogP contribution in [0.4, 0.5) is 10.1 Å². The number of nitrogens with one attached hydrogen (secondary N) is 1. The summed E-state index contributed by atoms with van der Waals surface area (Å²) in [5.41, 5.74) is 8.07. The largest absolute Gasteiger partial charge is 0.342 e. The number of rotatable bonds is 5. The lowest BCUT2D eigenvalue weighted by molar-refractivity contribution is -0.134. The molecule has 0 radical (unpaired) electrons. The first kappa shape index (κ1) is 23.8. The molecule has 2 aromatic rings. The van der Waals surface area contributed by atoms with Gasteiger partial charge in [-0.2, -0.15) is 0 Å². The Bertz CT molecular complexity index is 861. The molecule has 1 aliphatic rings. The Kier molecular flexibility index (Phi) is 7.98. The van der Waals surface area contributed by atoms with Crippen LogP contribution in [0.15, 0.2) is 48.5 Å². The van der Waals surface area contributed by atoms with E-state index in [1.54, 1.807) is 17.0 Å². The fourth-order valence-corrected chi connectivity index (χ4v) is 3.48. The van der Waals surface area contributed by atoms with E-state index in [0.717, 1.165) is 11.3 Å². The van der Waals surface area contributed by atoms with Crippen molar-refractivity contribution in [1.29, 1.82) is 0 Å². The van der Waals surface area contributed by atoms with E-state index in [0.29, 0.717) is 31.8 Å². The van der Waals surface area contributed by atoms with Gasteiger partial charge in [-0.15, -0.1) is 12.4 Å². The number of halogens is 2. The molecule has 30 heavy (non-hydrogen) atoms. The van der Waals surface area contributed by atoms with Crippen LogP contribution < -0.4 is 11.1 Å². The summed E-state index contributed by atoms with van der Waals surface area (Å²) in [5, 5.41) is 2.90. The maximum absolute atomic E-state index is 13.0. The van der Waals surface area contributed by atoms with Gasteiger partial charge < -0.3 is 16.0 Å². The van der Waals surface area contributed by atoms with Gasteiger partial charge in [-0.25, -0.2) is 4.39 Å². The summed E-state index contributed by atoms with van der Waals surface area (Å²) >= 11 is 0. The van der Waals surface area contributed by atoms with Crippen molar-refractivity contribution in [2.75, 3.05) is 18.4 Å². The van der Waals surface area contributed by atoms with Crippen LogP contribution >= 0.6 is 12.4 Å². The smallest absolute Gasteiger partial charge is 0.244 e. The summed E-state index contributed by atoms with van der Waals surface area (Å²) in [5.74, 6) is -0.155. The predicted octanol–water partition coefficient (Wildman–Crippen LogP) is 3.87. The molecule has 5 nitrogen and oxygen atoms in total. The van der Waals surface area contributed by atoms with Crippen molar-refractivity contribution in [3.05, 3.63) is 65.5 Å². The zero-order valence-corrected chi connectivity index (χ0v) is 18.2. The van der Waals surface area contributed by atoms with E-state index in [9.17, 15) is 14.0 Å². The lowest BCUT2D eigenvalue weighted by atomic mass is 9.87. The van der Waals surface area contributed by atoms with Crippen molar-refractivity contribution in [1.82, 2.24) is 4.90 Å². The Morgan fingerprint density at radius 1 is 1.07 bits per heavy atom. The molecule has 0 spiro atoms. The van der Waals surface area contributed by atoms with Gasteiger partial charge in [0.15, 0.2) is 0 Å². The average molecular weight is 434 g/mol. The van der Waals surface area contributed by atoms with Crippen LogP contribution in [0, 0.1) is 5.82 Å². The zero-order valence-electron chi connectivity index (χ0n) is 17.4. The molecule has 1 saturated heterocycles. The molecular weight excluding hydrogens is 405 g/mol. The number of hydrogen-bond acceptors (Lipinski definition) is 3. The number of hydrogen-bond donors (Lipinski definition) is 2. The first-order valence-electron chi connectivity index (χ1n) is 9.99. The summed E-state index contributed by atoms with van der Waals surface area (Å²) in [6.07, 6.45) is 1.02. The van der Waals surface area contributed by atoms with E-state index >= 15 is 0 Å². The third kappa shape index (κ3) is 5.80. The first-order chi connectivity index (χ1) is 13.8. The zero-order chi connectivity index (χ0) is 21.0. The van der Waals surface area contributed by atoms with Crippen LogP contribution in [-0.4, -0.2) is 35.3 Å². The number of piperidine rings is 1. The molecule has 2 aromatic carbocycles. The molecule has 1 heterocycles. The molecule has 7 heteroatoms. The molecular formula is C23H29ClFN3O2. The van der Waals surface area contributed by atoms with Gasteiger partial charge in [-0.3, -0.25) is 9.59 Å². The van der Waals surface area contributed by atoms with E-state index in [4.69, 9.17) is 5.73 Å². The van der Waals surface area contributed by atoms with Crippen LogP contribution in [-0.2, 0) is 16.0 Å². The average Bonchev–Trinajstić information content (AvgIpc) is 2.70. The second-order valence-electron chi connectivity index (χ2n) is 8.07. The Morgan fingerprint density at radius 2 is 1.63 bits per heavy atom. The highest BCUT2D eigenvalue weighted by Crippen LogP contribution is 2.23. The number of likely N-dealkylation sites (tertiary alicyclic amines) is 1. The molecule has 1 aliphatic heterocycles. The molecule has 0 bridgehead atoms. The minimum Gasteiger partial charge on any atom is -0.342 e. The van der Waals surface area contributed by atoms with Crippen molar-refractivity contribution in [3.8, 4) is 0 Å². The van der Waals surface area contributed by atoms with Crippen LogP contribution in [0.3, 0.4) is 0 Å². The number of nitrogens with two attached hydrogens (primary N) is 1. The molecule has 2 amide bonds. The lowest BCUT2D eigenvalue weighted by Gasteiger charge is -2.38. The summed E-state index contributed by atoms with van der Waals surface area (Å²) in [6.45, 7) is 5.09. The molecule has 1 fully saturated rings.